The number of hydrogen-bond acceptors (Lipinski definition) is 7. The van der Waals surface area contributed by atoms with E-state index >= 15 is 0 Å². The molecule has 0 bridgehead atoms. The number of para-hydroxylation sites is 2. The van der Waals surface area contributed by atoms with Gasteiger partial charge in [-0.15, -0.1) is 0 Å². The molecule has 0 saturated carbocycles. The van der Waals surface area contributed by atoms with Crippen molar-refractivity contribution in [2.45, 2.75) is 16.7 Å². The Morgan fingerprint density at radius 2 is 1.20 bits per heavy atom. The fraction of sp³-hybridized carbons (Fsp3) is 0.0714. The van der Waals surface area contributed by atoms with Crippen LogP contribution in [0.1, 0.15) is 16.7 Å². The second-order valence-electron chi connectivity index (χ2n) is 7.61. The van der Waals surface area contributed by atoms with Crippen molar-refractivity contribution in [3.63, 3.8) is 0 Å². The third-order valence-corrected chi connectivity index (χ3v) is 7.52. The van der Waals surface area contributed by atoms with Gasteiger partial charge in [-0.1, -0.05) is 57.5 Å². The Balaban J connectivity index is 1.53. The van der Waals surface area contributed by atoms with Gasteiger partial charge in [0.15, 0.2) is 0 Å². The third kappa shape index (κ3) is 6.47. The number of nitrogens with zero attached hydrogens (tertiary/aromatic N) is 2. The van der Waals surface area contributed by atoms with Gasteiger partial charge in [0.2, 0.25) is 0 Å². The first-order valence-corrected chi connectivity index (χ1v) is 13.0. The standard InChI is InChI=1S/C28H24N2O3S2/c1-19-11-13-25(31)20(15-19)17-29-23-7-3-5-9-27(23)34-35-28-10-6-4-8-24(28)30-18-21-16-22(33-2)12-14-26(21)32/h3-18,31-32H,1-2H3. The summed E-state index contributed by atoms with van der Waals surface area (Å²) < 4.78 is 5.24. The highest BCUT2D eigenvalue weighted by molar-refractivity contribution is 8.76. The van der Waals surface area contributed by atoms with E-state index in [0.29, 0.717) is 16.9 Å². The average Bonchev–Trinajstić information content (AvgIpc) is 2.88. The van der Waals surface area contributed by atoms with Gasteiger partial charge in [-0.25, -0.2) is 0 Å². The lowest BCUT2D eigenvalue weighted by Gasteiger charge is -2.07. The van der Waals surface area contributed by atoms with Crippen LogP contribution in [0.5, 0.6) is 17.2 Å². The minimum atomic E-state index is 0.139. The van der Waals surface area contributed by atoms with Crippen LogP contribution >= 0.6 is 21.6 Å². The van der Waals surface area contributed by atoms with Crippen LogP contribution in [0.25, 0.3) is 0 Å². The number of benzene rings is 4. The van der Waals surface area contributed by atoms with E-state index in [1.807, 2.05) is 67.6 Å². The zero-order valence-electron chi connectivity index (χ0n) is 19.3. The summed E-state index contributed by atoms with van der Waals surface area (Å²) in [5.41, 5.74) is 3.92. The van der Waals surface area contributed by atoms with Gasteiger partial charge in [0.1, 0.15) is 17.2 Å². The van der Waals surface area contributed by atoms with Crippen molar-refractivity contribution in [1.82, 2.24) is 0 Å². The monoisotopic (exact) mass is 500 g/mol. The number of rotatable bonds is 8. The van der Waals surface area contributed by atoms with Crippen molar-refractivity contribution >= 4 is 45.4 Å². The number of ether oxygens (including phenoxy) is 1. The van der Waals surface area contributed by atoms with Crippen LogP contribution in [0.15, 0.2) is 105 Å². The van der Waals surface area contributed by atoms with Gasteiger partial charge in [-0.2, -0.15) is 0 Å². The highest BCUT2D eigenvalue weighted by Crippen LogP contribution is 2.44. The maximum atomic E-state index is 10.1. The summed E-state index contributed by atoms with van der Waals surface area (Å²) in [7, 11) is 4.75. The first kappa shape index (κ1) is 24.4. The first-order valence-electron chi connectivity index (χ1n) is 10.8. The van der Waals surface area contributed by atoms with Crippen LogP contribution in [-0.2, 0) is 0 Å². The van der Waals surface area contributed by atoms with Crippen LogP contribution in [0, 0.1) is 6.92 Å². The van der Waals surface area contributed by atoms with E-state index in [1.54, 1.807) is 65.4 Å². The van der Waals surface area contributed by atoms with Crippen molar-refractivity contribution in [3.8, 4) is 17.2 Å². The van der Waals surface area contributed by atoms with Crippen molar-refractivity contribution < 1.29 is 14.9 Å². The predicted molar refractivity (Wildman–Crippen MR) is 147 cm³/mol. The predicted octanol–water partition coefficient (Wildman–Crippen LogP) is 7.72. The molecule has 176 valence electrons. The van der Waals surface area contributed by atoms with E-state index in [1.165, 1.54) is 0 Å². The average molecular weight is 501 g/mol. The highest BCUT2D eigenvalue weighted by atomic mass is 33.1. The fourth-order valence-electron chi connectivity index (χ4n) is 3.18. The van der Waals surface area contributed by atoms with E-state index < -0.39 is 0 Å². The number of hydrogen-bond donors (Lipinski definition) is 2. The lowest BCUT2D eigenvalue weighted by Crippen LogP contribution is -1.87. The van der Waals surface area contributed by atoms with Crippen molar-refractivity contribution in [2.75, 3.05) is 7.11 Å². The maximum absolute atomic E-state index is 10.1. The molecule has 0 aromatic heterocycles. The summed E-state index contributed by atoms with van der Waals surface area (Å²) >= 11 is 0. The zero-order valence-corrected chi connectivity index (χ0v) is 20.9. The van der Waals surface area contributed by atoms with E-state index in [2.05, 4.69) is 9.98 Å². The summed E-state index contributed by atoms with van der Waals surface area (Å²) in [6.45, 7) is 1.98. The molecule has 2 N–H and O–H groups in total. The molecule has 0 radical (unpaired) electrons. The molecule has 0 aliphatic carbocycles. The van der Waals surface area contributed by atoms with Crippen LogP contribution in [0.3, 0.4) is 0 Å². The summed E-state index contributed by atoms with van der Waals surface area (Å²) in [6, 6.07) is 26.2. The molecule has 0 heterocycles. The van der Waals surface area contributed by atoms with Gasteiger partial charge in [0.05, 0.1) is 18.5 Å². The molecule has 0 amide bonds. The molecular formula is C28H24N2O3S2. The minimum absolute atomic E-state index is 0.139. The molecule has 4 aromatic carbocycles. The maximum Gasteiger partial charge on any atom is 0.124 e. The Hall–Kier alpha value is -3.68. The smallest absolute Gasteiger partial charge is 0.124 e. The number of methoxy groups -OCH3 is 1. The Kier molecular flexibility index (Phi) is 8.13. The second kappa shape index (κ2) is 11.6. The van der Waals surface area contributed by atoms with Crippen LogP contribution in [0.4, 0.5) is 11.4 Å². The molecule has 4 aromatic rings. The molecule has 0 atom stereocenters. The summed E-state index contributed by atoms with van der Waals surface area (Å²) in [4.78, 5) is 11.2. The van der Waals surface area contributed by atoms with Gasteiger partial charge < -0.3 is 14.9 Å². The van der Waals surface area contributed by atoms with E-state index in [0.717, 1.165) is 26.7 Å². The molecule has 35 heavy (non-hydrogen) atoms. The number of aromatic hydroxyl groups is 2. The number of phenols is 2. The molecular weight excluding hydrogens is 476 g/mol. The number of phenolic OH excluding ortho intramolecular Hbond substituents is 2. The largest absolute Gasteiger partial charge is 0.507 e. The van der Waals surface area contributed by atoms with E-state index in [9.17, 15) is 10.2 Å². The quantitative estimate of drug-likeness (QED) is 0.191. The van der Waals surface area contributed by atoms with E-state index in [-0.39, 0.29) is 11.5 Å². The molecule has 0 unspecified atom stereocenters. The van der Waals surface area contributed by atoms with Gasteiger partial charge in [-0.05, 0) is 61.5 Å². The molecule has 0 spiro atoms. The van der Waals surface area contributed by atoms with E-state index in [4.69, 9.17) is 4.74 Å². The molecule has 5 nitrogen and oxygen atoms in total. The summed E-state index contributed by atoms with van der Waals surface area (Å²) in [5.74, 6) is 0.992. The first-order chi connectivity index (χ1) is 17.0. The summed E-state index contributed by atoms with van der Waals surface area (Å²) in [5, 5.41) is 20.2. The highest BCUT2D eigenvalue weighted by Gasteiger charge is 2.07. The topological polar surface area (TPSA) is 74.4 Å². The Morgan fingerprint density at radius 3 is 1.77 bits per heavy atom. The van der Waals surface area contributed by atoms with Gasteiger partial charge in [0, 0.05) is 33.3 Å². The Labute approximate surface area is 212 Å². The lowest BCUT2D eigenvalue weighted by molar-refractivity contribution is 0.412. The molecule has 0 aliphatic rings. The van der Waals surface area contributed by atoms with Crippen molar-refractivity contribution in [1.29, 1.82) is 0 Å². The molecule has 7 heteroatoms. The Morgan fingerprint density at radius 1 is 0.686 bits per heavy atom. The number of aliphatic imine (C=N–C) groups is 2. The molecule has 0 saturated heterocycles. The third-order valence-electron chi connectivity index (χ3n) is 5.05. The lowest BCUT2D eigenvalue weighted by atomic mass is 10.1. The van der Waals surface area contributed by atoms with Gasteiger partial charge in [-0.3, -0.25) is 9.98 Å². The fourth-order valence-corrected chi connectivity index (χ4v) is 5.42. The van der Waals surface area contributed by atoms with Crippen LogP contribution < -0.4 is 4.74 Å². The Bertz CT molecular complexity index is 1390. The van der Waals surface area contributed by atoms with Crippen LogP contribution in [-0.4, -0.2) is 29.8 Å². The van der Waals surface area contributed by atoms with Crippen LogP contribution in [0.2, 0.25) is 0 Å². The normalized spacial score (nSPS) is 11.4. The van der Waals surface area contributed by atoms with Crippen molar-refractivity contribution in [3.05, 3.63) is 102 Å². The minimum Gasteiger partial charge on any atom is -0.507 e. The molecule has 0 aliphatic heterocycles. The molecule has 0 fully saturated rings. The van der Waals surface area contributed by atoms with Gasteiger partial charge >= 0.3 is 0 Å². The molecule has 4 rings (SSSR count). The summed E-state index contributed by atoms with van der Waals surface area (Å²) in [6.07, 6.45) is 3.32. The van der Waals surface area contributed by atoms with Crippen molar-refractivity contribution in [2.24, 2.45) is 9.98 Å². The second-order valence-corrected chi connectivity index (χ2v) is 9.82. The SMILES string of the molecule is COc1ccc(O)c(C=Nc2ccccc2SSc2ccccc2N=Cc2cc(C)ccc2O)c1. The zero-order chi connectivity index (χ0) is 24.6. The number of aryl methyl sites for hydroxylation is 1. The van der Waals surface area contributed by atoms with Gasteiger partial charge in [0.25, 0.3) is 0 Å².